The zero-order chi connectivity index (χ0) is 65.5. The van der Waals surface area contributed by atoms with Gasteiger partial charge in [0, 0.05) is 137 Å². The maximum absolute atomic E-state index is 13.8. The van der Waals surface area contributed by atoms with E-state index in [4.69, 9.17) is 5.73 Å². The lowest BCUT2D eigenvalue weighted by Crippen LogP contribution is -2.59. The van der Waals surface area contributed by atoms with Crippen molar-refractivity contribution in [3.8, 4) is 0 Å². The number of piperidine rings is 3. The molecule has 0 spiro atoms. The van der Waals surface area contributed by atoms with E-state index < -0.39 is 147 Å². The van der Waals surface area contributed by atoms with Crippen LogP contribution in [0.5, 0.6) is 0 Å². The predicted octanol–water partition coefficient (Wildman–Crippen LogP) is -6.33. The van der Waals surface area contributed by atoms with Gasteiger partial charge in [-0.15, -0.1) is 0 Å². The Hall–Kier alpha value is -7.11. The highest BCUT2D eigenvalue weighted by Crippen LogP contribution is 2.32. The minimum atomic E-state index is -1.32. The van der Waals surface area contributed by atoms with E-state index in [0.29, 0.717) is 83.5 Å². The number of carbonyl (C=O) groups excluding carboxylic acids is 15. The highest BCUT2D eigenvalue weighted by molar-refractivity contribution is 7.99. The second-order valence-electron chi connectivity index (χ2n) is 22.1. The van der Waals surface area contributed by atoms with Crippen molar-refractivity contribution in [2.24, 2.45) is 5.73 Å². The number of nitrogens with two attached hydrogens (primary N) is 1. The number of carboxylic acids is 1. The molecule has 9 saturated heterocycles. The fourth-order valence-electron chi connectivity index (χ4n) is 10.4. The number of hydrogen-bond acceptors (Lipinski definition) is 21. The number of nitrogens with zero attached hydrogens (tertiary/aromatic N) is 4. The van der Waals surface area contributed by atoms with Gasteiger partial charge in [-0.05, 0) is 38.5 Å². The molecule has 0 aromatic rings. The van der Waals surface area contributed by atoms with Gasteiger partial charge in [0.25, 0.3) is 0 Å². The molecule has 13 amide bonds. The van der Waals surface area contributed by atoms with E-state index in [9.17, 15) is 81.8 Å². The van der Waals surface area contributed by atoms with Crippen LogP contribution >= 0.6 is 35.3 Å². The lowest BCUT2D eigenvalue weighted by Gasteiger charge is -2.50. The first-order valence-electron chi connectivity index (χ1n) is 30.1. The van der Waals surface area contributed by atoms with E-state index in [1.165, 1.54) is 35.3 Å². The van der Waals surface area contributed by atoms with Gasteiger partial charge in [-0.2, -0.15) is 35.3 Å². The number of carboxylic acid groups (broad SMARTS) is 1. The van der Waals surface area contributed by atoms with Gasteiger partial charge in [-0.1, -0.05) is 0 Å². The molecule has 9 fully saturated rings. The maximum Gasteiger partial charge on any atom is 0.327 e. The van der Waals surface area contributed by atoms with E-state index in [2.05, 4.69) is 58.1 Å². The normalized spacial score (nSPS) is 27.6. The molecule has 13 N–H and O–H groups in total. The third-order valence-electron chi connectivity index (χ3n) is 15.4. The van der Waals surface area contributed by atoms with Crippen LogP contribution < -0.4 is 58.9 Å². The predicted molar refractivity (Wildman–Crippen MR) is 329 cm³/mol. The van der Waals surface area contributed by atoms with Gasteiger partial charge >= 0.3 is 5.97 Å². The smallest absolute Gasteiger partial charge is 0.327 e. The molecule has 9 aliphatic rings. The van der Waals surface area contributed by atoms with E-state index in [-0.39, 0.29) is 110 Å². The first-order valence-corrected chi connectivity index (χ1v) is 33.6. The minimum absolute atomic E-state index is 0.0418. The van der Waals surface area contributed by atoms with Crippen molar-refractivity contribution in [2.75, 3.05) is 126 Å². The molecule has 0 aromatic heterocycles. The van der Waals surface area contributed by atoms with Crippen LogP contribution in [0.3, 0.4) is 0 Å². The summed E-state index contributed by atoms with van der Waals surface area (Å²) in [5.41, 5.74) is 6.09. The van der Waals surface area contributed by atoms with Crippen molar-refractivity contribution in [3.63, 3.8) is 0 Å². The van der Waals surface area contributed by atoms with Crippen molar-refractivity contribution in [1.82, 2.24) is 72.8 Å². The molecule has 32 nitrogen and oxygen atoms in total. The summed E-state index contributed by atoms with van der Waals surface area (Å²) in [5, 5.41) is 33.3. The first-order chi connectivity index (χ1) is 43.0. The van der Waals surface area contributed by atoms with Crippen LogP contribution in [0.15, 0.2) is 0 Å². The SMILES string of the molecule is N[C@H]1CSCCC(=O)N2CCC(CC2)N2C3CCN(CC3)C(=O)CCSC[C@@H](C(=O)O)NC(=O)CCC(=O)CNC(=O)CNC(=O)CNC(=O)CNC(=O)[C@H](CSCCC(=O)N3CCC2CC3)NC(=O)CNC(=O)CNC(=O)CNC(=O)CCC(=O)CNC1=O. The monoisotopic (exact) mass is 1320 g/mol. The van der Waals surface area contributed by atoms with Crippen molar-refractivity contribution in [2.45, 2.75) is 120 Å². The number of amides is 13. The summed E-state index contributed by atoms with van der Waals surface area (Å²) < 4.78 is 0. The van der Waals surface area contributed by atoms with E-state index in [1.54, 1.807) is 9.80 Å². The van der Waals surface area contributed by atoms with Crippen molar-refractivity contribution in [3.05, 3.63) is 0 Å². The summed E-state index contributed by atoms with van der Waals surface area (Å²) in [6.07, 6.45) is 3.14. The molecule has 0 saturated carbocycles. The summed E-state index contributed by atoms with van der Waals surface area (Å²) >= 11 is 3.68. The summed E-state index contributed by atoms with van der Waals surface area (Å²) in [4.78, 5) is 213. The van der Waals surface area contributed by atoms with Gasteiger partial charge in [0.1, 0.15) is 12.1 Å². The topological polar surface area (TPSA) is 453 Å². The molecule has 1 unspecified atom stereocenters. The minimum Gasteiger partial charge on any atom is -0.480 e. The molecular weight excluding hydrogens is 1240 g/mol. The Kier molecular flexibility index (Phi) is 32.1. The number of nitrogens with one attached hydrogen (secondary N) is 10. The summed E-state index contributed by atoms with van der Waals surface area (Å²) in [7, 11) is 0. The van der Waals surface area contributed by atoms with Crippen LogP contribution in [0.2, 0.25) is 0 Å². The number of fused-ring (bicyclic) bond motifs is 2. The van der Waals surface area contributed by atoms with Gasteiger partial charge in [-0.3, -0.25) is 76.8 Å². The van der Waals surface area contributed by atoms with Gasteiger partial charge in [0.05, 0.1) is 58.4 Å². The molecule has 9 aliphatic heterocycles. The third-order valence-corrected chi connectivity index (χ3v) is 18.7. The van der Waals surface area contributed by atoms with E-state index >= 15 is 0 Å². The standard InChI is InChI=1S/C55H85N15O17S3/c56-39-31-88-20-11-50(81)67-14-5-34(6-15-67)70-35-7-16-68(17-8-35)51(82)12-21-89-32-40(65-49(80)30-62-47(78)28-60-45(76)25-58-42(73)3-1-38(72)24-63-53(39)84)54(85)64-29-48(79)61-27-46(77)59-26-44(75)57-23-37(71)2-4-43(74)66-41(55(86)87)33-90-22-13-52(83)69-18-9-36(70)10-19-69/h34-36,39-41H,1-33,56H2,(H,57,75)(H,58,73)(H,59,77)(H,60,76)(H,61,79)(H,62,78)(H,63,84)(H,64,85)(H,65,80)(H,66,74)(H,86,87)/t39-,40-,41-/m0/s1. The molecule has 9 heterocycles. The summed E-state index contributed by atoms with van der Waals surface area (Å²) in [6.45, 7) is -1.78. The maximum atomic E-state index is 13.8. The van der Waals surface area contributed by atoms with Crippen molar-refractivity contribution in [1.29, 1.82) is 0 Å². The number of ketones is 2. The summed E-state index contributed by atoms with van der Waals surface area (Å²) in [5.74, 6) is -9.37. The number of Topliss-reactive ketones (excluding diaryl/α,β-unsaturated/α-hetero) is 2. The molecule has 500 valence electrons. The van der Waals surface area contributed by atoms with Crippen LogP contribution in [0.4, 0.5) is 0 Å². The Morgan fingerprint density at radius 2 is 0.722 bits per heavy atom. The average molecular weight is 1320 g/mol. The Morgan fingerprint density at radius 3 is 1.16 bits per heavy atom. The number of hydrogen-bond donors (Lipinski definition) is 12. The molecule has 0 radical (unpaired) electrons. The second-order valence-corrected chi connectivity index (χ2v) is 25.6. The number of aliphatic carboxylic acids is 1. The van der Waals surface area contributed by atoms with Gasteiger partial charge in [-0.25, -0.2) is 4.79 Å². The van der Waals surface area contributed by atoms with Gasteiger partial charge in [0.15, 0.2) is 11.6 Å². The quantitative estimate of drug-likeness (QED) is 0.116. The Balaban J connectivity index is 1.30. The van der Waals surface area contributed by atoms with Crippen LogP contribution in [-0.2, 0) is 76.7 Å². The van der Waals surface area contributed by atoms with E-state index in [1.807, 2.05) is 4.90 Å². The number of carbonyl (C=O) groups is 16. The fourth-order valence-corrected chi connectivity index (χ4v) is 13.2. The van der Waals surface area contributed by atoms with Crippen molar-refractivity contribution >= 4 is 130 Å². The van der Waals surface area contributed by atoms with Gasteiger partial charge < -0.3 is 78.7 Å². The lowest BCUT2D eigenvalue weighted by atomic mass is 9.90. The molecule has 9 rings (SSSR count). The molecule has 35 heteroatoms. The van der Waals surface area contributed by atoms with Crippen LogP contribution in [0.25, 0.3) is 0 Å². The molecule has 8 bridgehead atoms. The number of thioether (sulfide) groups is 3. The average Bonchev–Trinajstić information content (AvgIpc) is 1.41. The molecule has 4 atom stereocenters. The Labute approximate surface area is 533 Å². The third kappa shape index (κ3) is 27.2. The summed E-state index contributed by atoms with van der Waals surface area (Å²) in [6, 6.07) is -3.36. The zero-order valence-corrected chi connectivity index (χ0v) is 52.8. The molecule has 90 heavy (non-hydrogen) atoms. The van der Waals surface area contributed by atoms with Crippen LogP contribution in [-0.4, -0.2) is 281 Å². The van der Waals surface area contributed by atoms with E-state index in [0.717, 1.165) is 0 Å². The molecule has 0 aliphatic carbocycles. The van der Waals surface area contributed by atoms with Crippen molar-refractivity contribution < 1.29 is 81.8 Å². The molecule has 0 aromatic carbocycles. The second kappa shape index (κ2) is 39.2. The number of rotatable bonds is 1. The van der Waals surface area contributed by atoms with Crippen LogP contribution in [0, 0.1) is 0 Å². The Morgan fingerprint density at radius 1 is 0.378 bits per heavy atom. The lowest BCUT2D eigenvalue weighted by molar-refractivity contribution is -0.141. The van der Waals surface area contributed by atoms with Gasteiger partial charge in [0.2, 0.25) is 76.8 Å². The van der Waals surface area contributed by atoms with Crippen LogP contribution in [0.1, 0.15) is 83.5 Å². The zero-order valence-electron chi connectivity index (χ0n) is 50.4. The first kappa shape index (κ1) is 73.6. The fraction of sp³-hybridized carbons (Fsp3) is 0.709. The highest BCUT2D eigenvalue weighted by Gasteiger charge is 2.39. The highest BCUT2D eigenvalue weighted by atomic mass is 32.2. The molecular formula is C55H85N15O17S3. The largest absolute Gasteiger partial charge is 0.480 e. The Bertz CT molecular complexity index is 2600.